The molecular weight excluding hydrogens is 298 g/mol. The van der Waals surface area contributed by atoms with E-state index in [2.05, 4.69) is 10.6 Å². The zero-order valence-electron chi connectivity index (χ0n) is 13.0. The van der Waals surface area contributed by atoms with Crippen LogP contribution < -0.4 is 16.4 Å². The molecule has 0 saturated carbocycles. The average Bonchev–Trinajstić information content (AvgIpc) is 2.52. The molecule has 5 nitrogen and oxygen atoms in total. The molecule has 0 saturated heterocycles. The predicted molar refractivity (Wildman–Crippen MR) is 91.8 cm³/mol. The van der Waals surface area contributed by atoms with Gasteiger partial charge in [-0.1, -0.05) is 30.3 Å². The first-order valence-corrected chi connectivity index (χ1v) is 8.86. The van der Waals surface area contributed by atoms with Crippen LogP contribution in [0, 0.1) is 0 Å². The molecule has 122 valence electrons. The molecule has 6 heteroatoms. The van der Waals surface area contributed by atoms with E-state index in [1.165, 1.54) is 0 Å². The Morgan fingerprint density at radius 1 is 1.27 bits per heavy atom. The molecule has 2 amide bonds. The maximum Gasteiger partial charge on any atom is 0.242 e. The highest BCUT2D eigenvalue weighted by atomic mass is 32.2. The van der Waals surface area contributed by atoms with Crippen LogP contribution in [0.5, 0.6) is 0 Å². The molecule has 1 rings (SSSR count). The summed E-state index contributed by atoms with van der Waals surface area (Å²) in [6, 6.07) is 9.02. The molecule has 0 radical (unpaired) electrons. The lowest BCUT2D eigenvalue weighted by atomic mass is 10.1. The van der Waals surface area contributed by atoms with Crippen LogP contribution in [0.2, 0.25) is 0 Å². The van der Waals surface area contributed by atoms with Gasteiger partial charge in [0.1, 0.15) is 6.04 Å². The lowest BCUT2D eigenvalue weighted by molar-refractivity contribution is -0.128. The Bertz CT molecular complexity index is 454. The predicted octanol–water partition coefficient (Wildman–Crippen LogP) is 0.932. The fourth-order valence-electron chi connectivity index (χ4n) is 1.97. The minimum Gasteiger partial charge on any atom is -0.354 e. The van der Waals surface area contributed by atoms with E-state index in [0.29, 0.717) is 19.5 Å². The number of nitrogens with two attached hydrogens (primary N) is 1. The fourth-order valence-corrected chi connectivity index (χ4v) is 2.44. The van der Waals surface area contributed by atoms with Crippen molar-refractivity contribution < 1.29 is 9.59 Å². The van der Waals surface area contributed by atoms with Gasteiger partial charge in [-0.2, -0.15) is 11.8 Å². The number of amides is 2. The lowest BCUT2D eigenvalue weighted by Crippen LogP contribution is -2.47. The third kappa shape index (κ3) is 7.47. The van der Waals surface area contributed by atoms with E-state index in [1.807, 2.05) is 36.6 Å². The van der Waals surface area contributed by atoms with Crippen LogP contribution in [0.3, 0.4) is 0 Å². The Kier molecular flexibility index (Phi) is 9.34. The van der Waals surface area contributed by atoms with Crippen molar-refractivity contribution in [3.63, 3.8) is 0 Å². The largest absolute Gasteiger partial charge is 0.354 e. The van der Waals surface area contributed by atoms with Crippen molar-refractivity contribution in [3.05, 3.63) is 35.9 Å². The number of benzene rings is 1. The molecule has 0 spiro atoms. The zero-order chi connectivity index (χ0) is 16.2. The molecule has 22 heavy (non-hydrogen) atoms. The number of carbonyl (C=O) groups excluding carboxylic acids is 2. The zero-order valence-corrected chi connectivity index (χ0v) is 13.8. The van der Waals surface area contributed by atoms with Crippen molar-refractivity contribution in [2.45, 2.75) is 25.3 Å². The Balaban J connectivity index is 2.51. The number of rotatable bonds is 10. The highest BCUT2D eigenvalue weighted by Crippen LogP contribution is 2.03. The monoisotopic (exact) mass is 323 g/mol. The lowest BCUT2D eigenvalue weighted by Gasteiger charge is -2.18. The van der Waals surface area contributed by atoms with Gasteiger partial charge >= 0.3 is 0 Å². The maximum absolute atomic E-state index is 12.1. The van der Waals surface area contributed by atoms with Gasteiger partial charge in [0.15, 0.2) is 0 Å². The molecule has 0 bridgehead atoms. The number of nitrogens with one attached hydrogen (secondary N) is 2. The van der Waals surface area contributed by atoms with Crippen LogP contribution in [0.1, 0.15) is 18.4 Å². The quantitative estimate of drug-likeness (QED) is 0.559. The Morgan fingerprint density at radius 2 is 2.00 bits per heavy atom. The number of thioether (sulfide) groups is 1. The summed E-state index contributed by atoms with van der Waals surface area (Å²) in [5.74, 6) is 0.552. The van der Waals surface area contributed by atoms with Gasteiger partial charge in [-0.25, -0.2) is 0 Å². The number of hydrogen-bond donors (Lipinski definition) is 3. The topological polar surface area (TPSA) is 84.2 Å². The van der Waals surface area contributed by atoms with E-state index in [-0.39, 0.29) is 18.2 Å². The average molecular weight is 323 g/mol. The minimum atomic E-state index is -0.485. The molecule has 1 aromatic rings. The minimum absolute atomic E-state index is 0.133. The highest BCUT2D eigenvalue weighted by Gasteiger charge is 2.19. The Hall–Kier alpha value is -1.53. The SMILES string of the molecule is CSCCC(NC(=O)Cc1ccccc1)C(=O)NCCCN. The Labute approximate surface area is 136 Å². The van der Waals surface area contributed by atoms with Crippen LogP contribution in [0.25, 0.3) is 0 Å². The molecule has 4 N–H and O–H groups in total. The van der Waals surface area contributed by atoms with Crippen molar-refractivity contribution in [1.29, 1.82) is 0 Å². The number of hydrogen-bond acceptors (Lipinski definition) is 4. The van der Waals surface area contributed by atoms with E-state index in [4.69, 9.17) is 5.73 Å². The highest BCUT2D eigenvalue weighted by molar-refractivity contribution is 7.98. The van der Waals surface area contributed by atoms with Gasteiger partial charge in [0.05, 0.1) is 6.42 Å². The molecule has 0 fully saturated rings. The Morgan fingerprint density at radius 3 is 2.64 bits per heavy atom. The molecule has 1 unspecified atom stereocenters. The third-order valence-electron chi connectivity index (χ3n) is 3.15. The maximum atomic E-state index is 12.1. The molecular formula is C16H25N3O2S. The normalized spacial score (nSPS) is 11.7. The second-order valence-electron chi connectivity index (χ2n) is 5.00. The molecule has 1 atom stereocenters. The first-order valence-electron chi connectivity index (χ1n) is 7.47. The van der Waals surface area contributed by atoms with Crippen LogP contribution in [0.4, 0.5) is 0 Å². The van der Waals surface area contributed by atoms with Gasteiger partial charge in [0, 0.05) is 6.54 Å². The van der Waals surface area contributed by atoms with Gasteiger partial charge in [-0.15, -0.1) is 0 Å². The van der Waals surface area contributed by atoms with Crippen LogP contribution in [-0.2, 0) is 16.0 Å². The molecule has 0 aliphatic carbocycles. The standard InChI is InChI=1S/C16H25N3O2S/c1-22-11-8-14(16(21)18-10-5-9-17)19-15(20)12-13-6-3-2-4-7-13/h2-4,6-7,14H,5,8-12,17H2,1H3,(H,18,21)(H,19,20). The van der Waals surface area contributed by atoms with E-state index in [9.17, 15) is 9.59 Å². The van der Waals surface area contributed by atoms with Crippen molar-refractivity contribution in [1.82, 2.24) is 10.6 Å². The van der Waals surface area contributed by atoms with E-state index in [0.717, 1.165) is 17.7 Å². The van der Waals surface area contributed by atoms with Crippen LogP contribution in [0.15, 0.2) is 30.3 Å². The summed E-state index contributed by atoms with van der Waals surface area (Å²) >= 11 is 1.66. The molecule has 0 aromatic heterocycles. The molecule has 0 aliphatic rings. The molecule has 0 aliphatic heterocycles. The van der Waals surface area contributed by atoms with Gasteiger partial charge in [0.2, 0.25) is 11.8 Å². The first-order chi connectivity index (χ1) is 10.7. The van der Waals surface area contributed by atoms with E-state index >= 15 is 0 Å². The molecule has 0 heterocycles. The van der Waals surface area contributed by atoms with Crippen molar-refractivity contribution in [3.8, 4) is 0 Å². The summed E-state index contributed by atoms with van der Waals surface area (Å²) in [7, 11) is 0. The second kappa shape index (κ2) is 11.1. The van der Waals surface area contributed by atoms with Crippen molar-refractivity contribution >= 4 is 23.6 Å². The first kappa shape index (κ1) is 18.5. The van der Waals surface area contributed by atoms with Gasteiger partial charge < -0.3 is 16.4 Å². The van der Waals surface area contributed by atoms with E-state index < -0.39 is 6.04 Å². The van der Waals surface area contributed by atoms with Crippen molar-refractivity contribution in [2.24, 2.45) is 5.73 Å². The number of carbonyl (C=O) groups is 2. The molecule has 1 aromatic carbocycles. The summed E-state index contributed by atoms with van der Waals surface area (Å²) in [4.78, 5) is 24.2. The summed E-state index contributed by atoms with van der Waals surface area (Å²) in [5, 5.41) is 5.65. The van der Waals surface area contributed by atoms with Gasteiger partial charge in [-0.05, 0) is 37.0 Å². The summed E-state index contributed by atoms with van der Waals surface area (Å²) in [6.45, 7) is 1.08. The third-order valence-corrected chi connectivity index (χ3v) is 3.79. The fraction of sp³-hybridized carbons (Fsp3) is 0.500. The summed E-state index contributed by atoms with van der Waals surface area (Å²) in [5.41, 5.74) is 6.35. The second-order valence-corrected chi connectivity index (χ2v) is 5.98. The van der Waals surface area contributed by atoms with Gasteiger partial charge in [0.25, 0.3) is 0 Å². The summed E-state index contributed by atoms with van der Waals surface area (Å²) in [6.07, 6.45) is 3.62. The smallest absolute Gasteiger partial charge is 0.242 e. The van der Waals surface area contributed by atoms with Crippen molar-refractivity contribution in [2.75, 3.05) is 25.1 Å². The van der Waals surface area contributed by atoms with E-state index in [1.54, 1.807) is 11.8 Å². The van der Waals surface area contributed by atoms with Crippen LogP contribution in [-0.4, -0.2) is 43.0 Å². The summed E-state index contributed by atoms with van der Waals surface area (Å²) < 4.78 is 0. The van der Waals surface area contributed by atoms with Gasteiger partial charge in [-0.3, -0.25) is 9.59 Å². The van der Waals surface area contributed by atoms with Crippen LogP contribution >= 0.6 is 11.8 Å².